The van der Waals surface area contributed by atoms with Crippen LogP contribution in [0, 0.1) is 6.92 Å². The molecular formula is C13H17N5O3S3. The Kier molecular flexibility index (Phi) is 6.15. The highest BCUT2D eigenvalue weighted by Crippen LogP contribution is 2.25. The first-order valence-corrected chi connectivity index (χ1v) is 10.1. The highest BCUT2D eigenvalue weighted by Gasteiger charge is 2.16. The van der Waals surface area contributed by atoms with Crippen LogP contribution in [0.4, 0.5) is 10.8 Å². The van der Waals surface area contributed by atoms with E-state index in [4.69, 9.17) is 0 Å². The second-order valence-corrected chi connectivity index (χ2v) is 8.70. The molecule has 0 aliphatic heterocycles. The molecule has 0 radical (unpaired) electrons. The van der Waals surface area contributed by atoms with Crippen LogP contribution in [0.15, 0.2) is 27.4 Å². The second kappa shape index (κ2) is 7.92. The number of sulfonamides is 1. The number of carbonyl (C=O) groups is 1. The quantitative estimate of drug-likeness (QED) is 0.617. The molecule has 0 aliphatic rings. The minimum atomic E-state index is -3.57. The van der Waals surface area contributed by atoms with Crippen molar-refractivity contribution in [3.05, 3.63) is 23.8 Å². The highest BCUT2D eigenvalue weighted by atomic mass is 32.2. The van der Waals surface area contributed by atoms with E-state index in [1.807, 2.05) is 0 Å². The normalized spacial score (nSPS) is 11.3. The molecule has 0 aliphatic carbocycles. The van der Waals surface area contributed by atoms with E-state index in [0.29, 0.717) is 20.7 Å². The standard InChI is InChI=1S/C13H17N5O3S3/c1-8-4-5-9(6-10(8)24(20,21)15-3)16-11(19)7-22-13-18-17-12(14-2)23-13/h4-6,15H,7H2,1-3H3,(H,14,17)(H,16,19). The van der Waals surface area contributed by atoms with Crippen molar-refractivity contribution in [2.75, 3.05) is 30.5 Å². The summed E-state index contributed by atoms with van der Waals surface area (Å²) in [5, 5.41) is 14.1. The first-order valence-electron chi connectivity index (χ1n) is 6.84. The van der Waals surface area contributed by atoms with Gasteiger partial charge in [-0.25, -0.2) is 13.1 Å². The maximum Gasteiger partial charge on any atom is 0.240 e. The molecule has 2 aromatic rings. The molecule has 0 unspecified atom stereocenters. The van der Waals surface area contributed by atoms with E-state index in [1.165, 1.54) is 36.2 Å². The minimum Gasteiger partial charge on any atom is -0.363 e. The van der Waals surface area contributed by atoms with Gasteiger partial charge in [0.1, 0.15) is 0 Å². The molecule has 0 fully saturated rings. The van der Waals surface area contributed by atoms with Crippen LogP contribution < -0.4 is 15.4 Å². The average Bonchev–Trinajstić information content (AvgIpc) is 3.02. The van der Waals surface area contributed by atoms with Crippen LogP contribution in [0.1, 0.15) is 5.56 Å². The molecule has 0 atom stereocenters. The number of anilines is 2. The lowest BCUT2D eigenvalue weighted by molar-refractivity contribution is -0.113. The zero-order valence-electron chi connectivity index (χ0n) is 13.3. The smallest absolute Gasteiger partial charge is 0.240 e. The maximum absolute atomic E-state index is 12.0. The van der Waals surface area contributed by atoms with E-state index in [2.05, 4.69) is 25.6 Å². The zero-order valence-corrected chi connectivity index (χ0v) is 15.7. The molecule has 1 aromatic heterocycles. The van der Waals surface area contributed by atoms with Gasteiger partial charge in [-0.3, -0.25) is 4.79 Å². The Morgan fingerprint density at radius 3 is 2.67 bits per heavy atom. The number of carbonyl (C=O) groups excluding carboxylic acids is 1. The molecule has 0 saturated carbocycles. The first kappa shape index (κ1) is 18.6. The van der Waals surface area contributed by atoms with Crippen molar-refractivity contribution in [3.63, 3.8) is 0 Å². The number of amides is 1. The van der Waals surface area contributed by atoms with Crippen molar-refractivity contribution in [1.29, 1.82) is 0 Å². The Labute approximate surface area is 148 Å². The van der Waals surface area contributed by atoms with Crippen molar-refractivity contribution in [2.24, 2.45) is 0 Å². The number of nitrogens with one attached hydrogen (secondary N) is 3. The van der Waals surface area contributed by atoms with Crippen molar-refractivity contribution < 1.29 is 13.2 Å². The van der Waals surface area contributed by atoms with Crippen molar-refractivity contribution in [3.8, 4) is 0 Å². The third kappa shape index (κ3) is 4.66. The van der Waals surface area contributed by atoms with Crippen LogP contribution in [0.25, 0.3) is 0 Å². The molecule has 11 heteroatoms. The monoisotopic (exact) mass is 387 g/mol. The molecule has 3 N–H and O–H groups in total. The van der Waals surface area contributed by atoms with Crippen molar-refractivity contribution >= 4 is 49.8 Å². The van der Waals surface area contributed by atoms with E-state index < -0.39 is 10.0 Å². The van der Waals surface area contributed by atoms with Gasteiger partial charge in [0.2, 0.25) is 21.1 Å². The third-order valence-electron chi connectivity index (χ3n) is 2.98. The Morgan fingerprint density at radius 1 is 1.29 bits per heavy atom. The zero-order chi connectivity index (χ0) is 17.7. The van der Waals surface area contributed by atoms with Crippen LogP contribution >= 0.6 is 23.1 Å². The van der Waals surface area contributed by atoms with Gasteiger partial charge in [-0.05, 0) is 31.7 Å². The van der Waals surface area contributed by atoms with Crippen molar-refractivity contribution in [1.82, 2.24) is 14.9 Å². The molecule has 0 saturated heterocycles. The SMILES string of the molecule is CNc1nnc(SCC(=O)Nc2ccc(C)c(S(=O)(=O)NC)c2)s1. The van der Waals surface area contributed by atoms with Crippen LogP contribution in [-0.4, -0.2) is 44.4 Å². The summed E-state index contributed by atoms with van der Waals surface area (Å²) >= 11 is 2.62. The predicted molar refractivity (Wildman–Crippen MR) is 96.2 cm³/mol. The van der Waals surface area contributed by atoms with Crippen molar-refractivity contribution in [2.45, 2.75) is 16.2 Å². The van der Waals surface area contributed by atoms with Gasteiger partial charge in [0, 0.05) is 12.7 Å². The Balaban J connectivity index is 2.02. The minimum absolute atomic E-state index is 0.137. The molecule has 130 valence electrons. The summed E-state index contributed by atoms with van der Waals surface area (Å²) in [6, 6.07) is 4.75. The van der Waals surface area contributed by atoms with Gasteiger partial charge in [-0.1, -0.05) is 29.2 Å². The molecule has 1 aromatic carbocycles. The predicted octanol–water partition coefficient (Wildman–Crippen LogP) is 1.53. The van der Waals surface area contributed by atoms with Crippen LogP contribution in [0.5, 0.6) is 0 Å². The fraction of sp³-hybridized carbons (Fsp3) is 0.308. The number of hydrogen-bond acceptors (Lipinski definition) is 8. The number of rotatable bonds is 7. The van der Waals surface area contributed by atoms with Gasteiger partial charge in [-0.15, -0.1) is 10.2 Å². The average molecular weight is 388 g/mol. The molecule has 1 amide bonds. The van der Waals surface area contributed by atoms with Gasteiger partial charge in [0.25, 0.3) is 0 Å². The lowest BCUT2D eigenvalue weighted by Gasteiger charge is -2.10. The molecule has 24 heavy (non-hydrogen) atoms. The number of aryl methyl sites for hydroxylation is 1. The summed E-state index contributed by atoms with van der Waals surface area (Å²) in [6.07, 6.45) is 0. The molecule has 1 heterocycles. The van der Waals surface area contributed by atoms with E-state index >= 15 is 0 Å². The number of benzene rings is 1. The highest BCUT2D eigenvalue weighted by molar-refractivity contribution is 8.01. The lowest BCUT2D eigenvalue weighted by atomic mass is 10.2. The number of hydrogen-bond donors (Lipinski definition) is 3. The topological polar surface area (TPSA) is 113 Å². The fourth-order valence-corrected chi connectivity index (χ4v) is 4.27. The Bertz CT molecular complexity index is 835. The maximum atomic E-state index is 12.0. The summed E-state index contributed by atoms with van der Waals surface area (Å²) in [4.78, 5) is 12.2. The summed E-state index contributed by atoms with van der Waals surface area (Å²) in [5.41, 5.74) is 1.03. The largest absolute Gasteiger partial charge is 0.363 e. The van der Waals surface area contributed by atoms with Crippen LogP contribution in [-0.2, 0) is 14.8 Å². The number of thioether (sulfide) groups is 1. The van der Waals surface area contributed by atoms with E-state index in [0.717, 1.165) is 0 Å². The van der Waals surface area contributed by atoms with Crippen LogP contribution in [0.3, 0.4) is 0 Å². The third-order valence-corrected chi connectivity index (χ3v) is 6.61. The summed E-state index contributed by atoms with van der Waals surface area (Å²) in [5.74, 6) is -0.0989. The van der Waals surface area contributed by atoms with E-state index in [9.17, 15) is 13.2 Å². The molecular weight excluding hydrogens is 370 g/mol. The van der Waals surface area contributed by atoms with E-state index in [-0.39, 0.29) is 16.6 Å². The van der Waals surface area contributed by atoms with Gasteiger partial charge in [0.05, 0.1) is 10.6 Å². The number of aromatic nitrogens is 2. The van der Waals surface area contributed by atoms with E-state index in [1.54, 1.807) is 26.1 Å². The van der Waals surface area contributed by atoms with Crippen LogP contribution in [0.2, 0.25) is 0 Å². The Hall–Kier alpha value is -1.69. The molecule has 2 rings (SSSR count). The fourth-order valence-electron chi connectivity index (χ4n) is 1.77. The number of nitrogens with zero attached hydrogens (tertiary/aromatic N) is 2. The molecule has 0 spiro atoms. The first-order chi connectivity index (χ1) is 11.4. The van der Waals surface area contributed by atoms with Gasteiger partial charge >= 0.3 is 0 Å². The summed E-state index contributed by atoms with van der Waals surface area (Å²) < 4.78 is 26.9. The summed E-state index contributed by atoms with van der Waals surface area (Å²) in [7, 11) is -0.481. The lowest BCUT2D eigenvalue weighted by Crippen LogP contribution is -2.20. The van der Waals surface area contributed by atoms with Gasteiger partial charge < -0.3 is 10.6 Å². The second-order valence-electron chi connectivity index (χ2n) is 4.65. The van der Waals surface area contributed by atoms with Gasteiger partial charge in [0.15, 0.2) is 4.34 Å². The summed E-state index contributed by atoms with van der Waals surface area (Å²) in [6.45, 7) is 1.69. The molecule has 0 bridgehead atoms. The van der Waals surface area contributed by atoms with Gasteiger partial charge in [-0.2, -0.15) is 0 Å². The Morgan fingerprint density at radius 2 is 2.04 bits per heavy atom. The molecule has 8 nitrogen and oxygen atoms in total.